The Labute approximate surface area is 151 Å². The average molecular weight is 388 g/mol. The van der Waals surface area contributed by atoms with E-state index in [9.17, 15) is 27.9 Å². The topological polar surface area (TPSA) is 75.6 Å². The molecule has 1 amide bonds. The molecule has 0 aliphatic carbocycles. The minimum atomic E-state index is -1.49. The van der Waals surface area contributed by atoms with Gasteiger partial charge in [0.15, 0.2) is 0 Å². The number of halogens is 4. The van der Waals surface area contributed by atoms with E-state index in [1.165, 1.54) is 25.3 Å². The van der Waals surface area contributed by atoms with E-state index in [2.05, 4.69) is 0 Å². The van der Waals surface area contributed by atoms with Gasteiger partial charge in [-0.3, -0.25) is 4.79 Å². The van der Waals surface area contributed by atoms with E-state index in [0.29, 0.717) is 23.4 Å². The van der Waals surface area contributed by atoms with Crippen LogP contribution in [0.1, 0.15) is 15.9 Å². The molecule has 2 aromatic carbocycles. The first kappa shape index (κ1) is 19.6. The number of ether oxygens (including phenoxy) is 1. The van der Waals surface area contributed by atoms with Crippen molar-refractivity contribution in [2.24, 2.45) is 0 Å². The summed E-state index contributed by atoms with van der Waals surface area (Å²) in [5.41, 5.74) is -0.617. The molecule has 9 heteroatoms. The lowest BCUT2D eigenvalue weighted by Gasteiger charge is -2.16. The molecule has 0 radical (unpaired) electrons. The number of methoxy groups -OCH3 is 1. The fourth-order valence-corrected chi connectivity index (χ4v) is 2.54. The summed E-state index contributed by atoms with van der Waals surface area (Å²) in [5.74, 6) is -6.42. The first-order valence-electron chi connectivity index (χ1n) is 7.23. The fraction of sp³-hybridized carbons (Fsp3) is 0.176. The number of benzene rings is 2. The summed E-state index contributed by atoms with van der Waals surface area (Å²) >= 11 is 5.96. The number of amides is 1. The van der Waals surface area contributed by atoms with E-state index in [1.54, 1.807) is 0 Å². The largest absolute Gasteiger partial charge is 0.495 e. The van der Waals surface area contributed by atoms with Gasteiger partial charge in [0.05, 0.1) is 12.1 Å². The van der Waals surface area contributed by atoms with E-state index in [1.807, 2.05) is 5.32 Å². The van der Waals surface area contributed by atoms with Crippen LogP contribution in [0.3, 0.4) is 0 Å². The minimum Gasteiger partial charge on any atom is -0.495 e. The van der Waals surface area contributed by atoms with Gasteiger partial charge < -0.3 is 15.2 Å². The van der Waals surface area contributed by atoms with Gasteiger partial charge in [0.2, 0.25) is 0 Å². The zero-order valence-corrected chi connectivity index (χ0v) is 14.1. The molecular formula is C17H13ClF3NO4. The van der Waals surface area contributed by atoms with Crippen LogP contribution in [-0.4, -0.2) is 30.1 Å². The summed E-state index contributed by atoms with van der Waals surface area (Å²) in [7, 11) is 1.41. The standard InChI is InChI=1S/C17H13ClF3NO4/c1-26-14-3-2-8(4-10(14)18)5-13(17(24)25)22-16(23)15-11(20)6-9(19)7-12(15)21/h2-4,6-7,13H,5H2,1H3,(H,22,23)(H,24,25)/t13-/m1/s1. The predicted octanol–water partition coefficient (Wildman–Crippen LogP) is 3.19. The Bertz CT molecular complexity index is 837. The maximum Gasteiger partial charge on any atom is 0.326 e. The van der Waals surface area contributed by atoms with Crippen LogP contribution in [0, 0.1) is 17.5 Å². The Morgan fingerprint density at radius 1 is 1.19 bits per heavy atom. The minimum absolute atomic E-state index is 0.199. The molecule has 0 aliphatic rings. The fourth-order valence-electron chi connectivity index (χ4n) is 2.26. The monoisotopic (exact) mass is 387 g/mol. The van der Waals surface area contributed by atoms with Crippen molar-refractivity contribution in [2.75, 3.05) is 7.11 Å². The summed E-state index contributed by atoms with van der Waals surface area (Å²) in [6, 6.07) is 3.66. The molecule has 5 nitrogen and oxygen atoms in total. The molecule has 138 valence electrons. The third kappa shape index (κ3) is 4.45. The average Bonchev–Trinajstić information content (AvgIpc) is 2.53. The molecule has 1 atom stereocenters. The van der Waals surface area contributed by atoms with Crippen LogP contribution in [0.25, 0.3) is 0 Å². The molecule has 0 unspecified atom stereocenters. The van der Waals surface area contributed by atoms with Gasteiger partial charge in [0.25, 0.3) is 5.91 Å². The number of carboxylic acid groups (broad SMARTS) is 1. The van der Waals surface area contributed by atoms with E-state index >= 15 is 0 Å². The van der Waals surface area contributed by atoms with E-state index in [-0.39, 0.29) is 11.4 Å². The Morgan fingerprint density at radius 3 is 2.31 bits per heavy atom. The molecule has 0 aromatic heterocycles. The van der Waals surface area contributed by atoms with E-state index < -0.39 is 40.9 Å². The lowest BCUT2D eigenvalue weighted by molar-refractivity contribution is -0.139. The Hall–Kier alpha value is -2.74. The zero-order chi connectivity index (χ0) is 19.4. The molecule has 0 spiro atoms. The van der Waals surface area contributed by atoms with Crippen LogP contribution >= 0.6 is 11.6 Å². The highest BCUT2D eigenvalue weighted by Crippen LogP contribution is 2.25. The number of carbonyl (C=O) groups excluding carboxylic acids is 1. The SMILES string of the molecule is COc1ccc(C[C@@H](NC(=O)c2c(F)cc(F)cc2F)C(=O)O)cc1Cl. The van der Waals surface area contributed by atoms with Crippen LogP contribution in [0.2, 0.25) is 5.02 Å². The number of nitrogens with one attached hydrogen (secondary N) is 1. The van der Waals surface area contributed by atoms with Crippen molar-refractivity contribution in [1.29, 1.82) is 0 Å². The summed E-state index contributed by atoms with van der Waals surface area (Å²) in [4.78, 5) is 23.4. The molecule has 2 aromatic rings. The first-order valence-corrected chi connectivity index (χ1v) is 7.61. The maximum absolute atomic E-state index is 13.7. The molecular weight excluding hydrogens is 375 g/mol. The third-order valence-corrected chi connectivity index (χ3v) is 3.79. The van der Waals surface area contributed by atoms with Crippen molar-refractivity contribution in [1.82, 2.24) is 5.32 Å². The van der Waals surface area contributed by atoms with Crippen molar-refractivity contribution in [3.05, 3.63) is 63.9 Å². The number of carbonyl (C=O) groups is 2. The lowest BCUT2D eigenvalue weighted by Crippen LogP contribution is -2.43. The Kier molecular flexibility index (Phi) is 6.10. The number of rotatable bonds is 6. The third-order valence-electron chi connectivity index (χ3n) is 3.49. The zero-order valence-electron chi connectivity index (χ0n) is 13.4. The summed E-state index contributed by atoms with van der Waals surface area (Å²) < 4.78 is 45.2. The number of aliphatic carboxylic acids is 1. The lowest BCUT2D eigenvalue weighted by atomic mass is 10.0. The predicted molar refractivity (Wildman–Crippen MR) is 86.9 cm³/mol. The molecule has 0 saturated carbocycles. The summed E-state index contributed by atoms with van der Waals surface area (Å²) in [6.07, 6.45) is -0.199. The number of hydrogen-bond acceptors (Lipinski definition) is 3. The van der Waals surface area contributed by atoms with Crippen LogP contribution in [-0.2, 0) is 11.2 Å². The Morgan fingerprint density at radius 2 is 1.81 bits per heavy atom. The van der Waals surface area contributed by atoms with Crippen molar-refractivity contribution >= 4 is 23.5 Å². The normalized spacial score (nSPS) is 11.7. The van der Waals surface area contributed by atoms with Gasteiger partial charge in [-0.1, -0.05) is 17.7 Å². The molecule has 0 fully saturated rings. The van der Waals surface area contributed by atoms with Crippen molar-refractivity contribution in [2.45, 2.75) is 12.5 Å². The highest BCUT2D eigenvalue weighted by atomic mass is 35.5. The van der Waals surface area contributed by atoms with Crippen LogP contribution in [0.15, 0.2) is 30.3 Å². The van der Waals surface area contributed by atoms with Crippen molar-refractivity contribution < 1.29 is 32.6 Å². The molecule has 26 heavy (non-hydrogen) atoms. The maximum atomic E-state index is 13.7. The van der Waals surface area contributed by atoms with Gasteiger partial charge >= 0.3 is 5.97 Å². The van der Waals surface area contributed by atoms with E-state index in [4.69, 9.17) is 16.3 Å². The summed E-state index contributed by atoms with van der Waals surface area (Å²) in [6.45, 7) is 0. The number of hydrogen-bond donors (Lipinski definition) is 2. The highest BCUT2D eigenvalue weighted by molar-refractivity contribution is 6.32. The van der Waals surface area contributed by atoms with Gasteiger partial charge in [0, 0.05) is 18.6 Å². The first-order chi connectivity index (χ1) is 12.2. The Balaban J connectivity index is 2.22. The van der Waals surface area contributed by atoms with Gasteiger partial charge in [0.1, 0.15) is 34.8 Å². The van der Waals surface area contributed by atoms with Gasteiger partial charge in [-0.25, -0.2) is 18.0 Å². The molecule has 0 saturated heterocycles. The van der Waals surface area contributed by atoms with E-state index in [0.717, 1.165) is 0 Å². The van der Waals surface area contributed by atoms with Crippen LogP contribution < -0.4 is 10.1 Å². The van der Waals surface area contributed by atoms with Crippen molar-refractivity contribution in [3.63, 3.8) is 0 Å². The number of carboxylic acids is 1. The quantitative estimate of drug-likeness (QED) is 0.798. The van der Waals surface area contributed by atoms with Gasteiger partial charge in [-0.2, -0.15) is 0 Å². The molecule has 0 bridgehead atoms. The van der Waals surface area contributed by atoms with Crippen LogP contribution in [0.4, 0.5) is 13.2 Å². The van der Waals surface area contributed by atoms with Crippen LogP contribution in [0.5, 0.6) is 5.75 Å². The second-order valence-electron chi connectivity index (χ2n) is 5.28. The molecule has 2 rings (SSSR count). The smallest absolute Gasteiger partial charge is 0.326 e. The van der Waals surface area contributed by atoms with Gasteiger partial charge in [-0.15, -0.1) is 0 Å². The van der Waals surface area contributed by atoms with Gasteiger partial charge in [-0.05, 0) is 17.7 Å². The highest BCUT2D eigenvalue weighted by Gasteiger charge is 2.25. The molecule has 0 heterocycles. The van der Waals surface area contributed by atoms with Crippen molar-refractivity contribution in [3.8, 4) is 5.75 Å². The second kappa shape index (κ2) is 8.09. The second-order valence-corrected chi connectivity index (χ2v) is 5.69. The molecule has 0 aliphatic heterocycles. The summed E-state index contributed by atoms with van der Waals surface area (Å²) in [5, 5.41) is 11.5. The molecule has 2 N–H and O–H groups in total.